The lowest BCUT2D eigenvalue weighted by atomic mass is 9.96. The maximum atomic E-state index is 10.2. The average Bonchev–Trinajstić information content (AvgIpc) is 2.58. The molecular formula is C20H28ClNO2. The van der Waals surface area contributed by atoms with Crippen molar-refractivity contribution < 1.29 is 9.84 Å². The van der Waals surface area contributed by atoms with Gasteiger partial charge in [-0.2, -0.15) is 0 Å². The molecule has 0 amide bonds. The Labute approximate surface area is 151 Å². The van der Waals surface area contributed by atoms with Gasteiger partial charge >= 0.3 is 0 Å². The van der Waals surface area contributed by atoms with E-state index in [4.69, 9.17) is 10.5 Å². The second-order valence-corrected chi connectivity index (χ2v) is 6.41. The number of rotatable bonds is 8. The van der Waals surface area contributed by atoms with Crippen molar-refractivity contribution in [1.29, 1.82) is 0 Å². The van der Waals surface area contributed by atoms with Crippen LogP contribution in [0.15, 0.2) is 54.6 Å². The van der Waals surface area contributed by atoms with Gasteiger partial charge in [0.2, 0.25) is 0 Å². The summed E-state index contributed by atoms with van der Waals surface area (Å²) in [7, 11) is 0. The molecule has 0 aliphatic heterocycles. The van der Waals surface area contributed by atoms with Crippen molar-refractivity contribution in [3.05, 3.63) is 65.7 Å². The zero-order chi connectivity index (χ0) is 16.7. The van der Waals surface area contributed by atoms with E-state index in [0.717, 1.165) is 29.7 Å². The second kappa shape index (κ2) is 10.3. The first-order valence-electron chi connectivity index (χ1n) is 8.26. The van der Waals surface area contributed by atoms with Crippen LogP contribution < -0.4 is 10.5 Å². The molecule has 2 atom stereocenters. The molecule has 2 rings (SSSR count). The first-order valence-corrected chi connectivity index (χ1v) is 8.26. The Morgan fingerprint density at radius 2 is 1.58 bits per heavy atom. The summed E-state index contributed by atoms with van der Waals surface area (Å²) in [6, 6.07) is 17.4. The fraction of sp³-hybridized carbons (Fsp3) is 0.400. The van der Waals surface area contributed by atoms with E-state index >= 15 is 0 Å². The van der Waals surface area contributed by atoms with Gasteiger partial charge in [-0.1, -0.05) is 56.3 Å². The van der Waals surface area contributed by atoms with Gasteiger partial charge in [0.05, 0.1) is 12.1 Å². The molecule has 2 aromatic carbocycles. The van der Waals surface area contributed by atoms with Crippen molar-refractivity contribution >= 4 is 12.4 Å². The van der Waals surface area contributed by atoms with Crippen molar-refractivity contribution in [3.63, 3.8) is 0 Å². The van der Waals surface area contributed by atoms with Crippen molar-refractivity contribution in [2.24, 2.45) is 11.7 Å². The van der Waals surface area contributed by atoms with Gasteiger partial charge in [-0.15, -0.1) is 12.4 Å². The maximum absolute atomic E-state index is 10.2. The number of nitrogens with two attached hydrogens (primary N) is 1. The fourth-order valence-corrected chi connectivity index (χ4v) is 2.43. The molecule has 0 bridgehead atoms. The fourth-order valence-electron chi connectivity index (χ4n) is 2.43. The molecule has 4 heteroatoms. The first-order chi connectivity index (χ1) is 11.1. The van der Waals surface area contributed by atoms with Crippen molar-refractivity contribution in [1.82, 2.24) is 0 Å². The van der Waals surface area contributed by atoms with Crippen LogP contribution in [0.5, 0.6) is 5.75 Å². The third-order valence-corrected chi connectivity index (χ3v) is 3.97. The van der Waals surface area contributed by atoms with Gasteiger partial charge in [-0.05, 0) is 42.0 Å². The van der Waals surface area contributed by atoms with Crippen LogP contribution in [-0.4, -0.2) is 11.2 Å². The number of benzene rings is 2. The van der Waals surface area contributed by atoms with Crippen LogP contribution in [0.1, 0.15) is 43.9 Å². The van der Waals surface area contributed by atoms with E-state index < -0.39 is 6.10 Å². The number of halogens is 1. The predicted molar refractivity (Wildman–Crippen MR) is 101 cm³/mol. The van der Waals surface area contributed by atoms with Crippen molar-refractivity contribution in [2.75, 3.05) is 0 Å². The van der Waals surface area contributed by atoms with E-state index in [9.17, 15) is 5.11 Å². The summed E-state index contributed by atoms with van der Waals surface area (Å²) in [5, 5.41) is 10.2. The summed E-state index contributed by atoms with van der Waals surface area (Å²) in [6.45, 7) is 4.84. The molecule has 0 saturated heterocycles. The van der Waals surface area contributed by atoms with Crippen molar-refractivity contribution in [3.8, 4) is 5.75 Å². The van der Waals surface area contributed by atoms with Crippen LogP contribution in [0.4, 0.5) is 0 Å². The minimum Gasteiger partial charge on any atom is -0.489 e. The van der Waals surface area contributed by atoms with E-state index in [0.29, 0.717) is 12.5 Å². The van der Waals surface area contributed by atoms with Crippen LogP contribution in [0.3, 0.4) is 0 Å². The summed E-state index contributed by atoms with van der Waals surface area (Å²) in [6.07, 6.45) is 1.20. The normalized spacial score (nSPS) is 13.2. The number of ether oxygens (including phenoxy) is 1. The minimum absolute atomic E-state index is 0. The van der Waals surface area contributed by atoms with Crippen LogP contribution in [0.2, 0.25) is 0 Å². The highest BCUT2D eigenvalue weighted by atomic mass is 35.5. The Hall–Kier alpha value is -1.55. The van der Waals surface area contributed by atoms with E-state index in [2.05, 4.69) is 13.8 Å². The highest BCUT2D eigenvalue weighted by Gasteiger charge is 2.17. The summed E-state index contributed by atoms with van der Waals surface area (Å²) >= 11 is 0. The summed E-state index contributed by atoms with van der Waals surface area (Å²) in [5.41, 5.74) is 8.22. The van der Waals surface area contributed by atoms with Gasteiger partial charge in [0.1, 0.15) is 12.4 Å². The lowest BCUT2D eigenvalue weighted by Crippen LogP contribution is -2.26. The SMILES string of the molecule is CC(C)CC[C@@H](O)[C@@H](N)c1ccc(OCc2ccccc2)cc1.Cl. The molecule has 0 spiro atoms. The van der Waals surface area contributed by atoms with Crippen LogP contribution in [-0.2, 0) is 6.61 Å². The molecule has 3 N–H and O–H groups in total. The first kappa shape index (κ1) is 20.5. The molecule has 0 aliphatic carbocycles. The third kappa shape index (κ3) is 6.52. The lowest BCUT2D eigenvalue weighted by Gasteiger charge is -2.20. The molecule has 0 saturated carbocycles. The van der Waals surface area contributed by atoms with Gasteiger partial charge < -0.3 is 15.6 Å². The Morgan fingerprint density at radius 1 is 0.958 bits per heavy atom. The Balaban J connectivity index is 0.00000288. The highest BCUT2D eigenvalue weighted by molar-refractivity contribution is 5.85. The lowest BCUT2D eigenvalue weighted by molar-refractivity contribution is 0.128. The molecule has 0 fully saturated rings. The molecule has 0 heterocycles. The van der Waals surface area contributed by atoms with Gasteiger partial charge in [0, 0.05) is 0 Å². The zero-order valence-electron chi connectivity index (χ0n) is 14.4. The van der Waals surface area contributed by atoms with Crippen molar-refractivity contribution in [2.45, 2.75) is 45.4 Å². The molecule has 0 aromatic heterocycles. The number of aliphatic hydroxyl groups excluding tert-OH is 1. The molecule has 0 unspecified atom stereocenters. The van der Waals surface area contributed by atoms with Gasteiger partial charge in [-0.3, -0.25) is 0 Å². The molecule has 3 nitrogen and oxygen atoms in total. The average molecular weight is 350 g/mol. The monoisotopic (exact) mass is 349 g/mol. The minimum atomic E-state index is -0.506. The Kier molecular flexibility index (Phi) is 8.83. The van der Waals surface area contributed by atoms with E-state index in [1.165, 1.54) is 0 Å². The van der Waals surface area contributed by atoms with Gasteiger partial charge in [0.15, 0.2) is 0 Å². The standard InChI is InChI=1S/C20H27NO2.ClH/c1-15(2)8-13-19(22)20(21)17-9-11-18(12-10-17)23-14-16-6-4-3-5-7-16;/h3-7,9-12,15,19-20,22H,8,13-14,21H2,1-2H3;1H/t19-,20+;/m1./s1. The maximum Gasteiger partial charge on any atom is 0.119 e. The Morgan fingerprint density at radius 3 is 2.17 bits per heavy atom. The van der Waals surface area contributed by atoms with Crippen LogP contribution >= 0.6 is 12.4 Å². The summed E-state index contributed by atoms with van der Waals surface area (Å²) < 4.78 is 5.76. The van der Waals surface area contributed by atoms with Crippen LogP contribution in [0.25, 0.3) is 0 Å². The molecule has 24 heavy (non-hydrogen) atoms. The molecule has 0 aliphatic rings. The van der Waals surface area contributed by atoms with E-state index in [1.807, 2.05) is 54.6 Å². The summed E-state index contributed by atoms with van der Waals surface area (Å²) in [5.74, 6) is 1.38. The number of aliphatic hydroxyl groups is 1. The molecule has 0 radical (unpaired) electrons. The topological polar surface area (TPSA) is 55.5 Å². The van der Waals surface area contributed by atoms with Gasteiger partial charge in [-0.25, -0.2) is 0 Å². The predicted octanol–water partition coefficient (Wildman–Crippen LogP) is 4.48. The molecule has 132 valence electrons. The largest absolute Gasteiger partial charge is 0.489 e. The van der Waals surface area contributed by atoms with E-state index in [-0.39, 0.29) is 18.4 Å². The Bertz CT molecular complexity index is 572. The zero-order valence-corrected chi connectivity index (χ0v) is 15.2. The smallest absolute Gasteiger partial charge is 0.119 e. The second-order valence-electron chi connectivity index (χ2n) is 6.41. The van der Waals surface area contributed by atoms with E-state index in [1.54, 1.807) is 0 Å². The third-order valence-electron chi connectivity index (χ3n) is 3.97. The number of hydrogen-bond acceptors (Lipinski definition) is 3. The van der Waals surface area contributed by atoms with Gasteiger partial charge in [0.25, 0.3) is 0 Å². The quantitative estimate of drug-likeness (QED) is 0.738. The summed E-state index contributed by atoms with van der Waals surface area (Å²) in [4.78, 5) is 0. The molecule has 2 aromatic rings. The molecular weight excluding hydrogens is 322 g/mol. The highest BCUT2D eigenvalue weighted by Crippen LogP contribution is 2.22. The number of hydrogen-bond donors (Lipinski definition) is 2. The van der Waals surface area contributed by atoms with Crippen LogP contribution in [0, 0.1) is 5.92 Å².